The average Bonchev–Trinajstić information content (AvgIpc) is 3.21. The lowest BCUT2D eigenvalue weighted by Gasteiger charge is -2.22. The molecule has 0 spiro atoms. The topological polar surface area (TPSA) is 71.4 Å². The van der Waals surface area contributed by atoms with Gasteiger partial charge in [0, 0.05) is 32.5 Å². The van der Waals surface area contributed by atoms with Crippen LogP contribution in [0, 0.1) is 6.92 Å². The molecule has 0 bridgehead atoms. The first-order chi connectivity index (χ1) is 10.6. The number of hydrogen-bond acceptors (Lipinski definition) is 7. The average molecular weight is 305 g/mol. The second kappa shape index (κ2) is 6.58. The molecule has 1 atom stereocenters. The second-order valence-corrected chi connectivity index (χ2v) is 5.90. The molecule has 2 aromatic rings. The smallest absolute Gasteiger partial charge is 0.223 e. The highest BCUT2D eigenvalue weighted by atomic mass is 16.5. The quantitative estimate of drug-likeness (QED) is 0.803. The van der Waals surface area contributed by atoms with Crippen LogP contribution in [0.1, 0.15) is 36.7 Å². The van der Waals surface area contributed by atoms with Crippen LogP contribution >= 0.6 is 0 Å². The summed E-state index contributed by atoms with van der Waals surface area (Å²) in [7, 11) is 2.11. The predicted molar refractivity (Wildman–Crippen MR) is 80.1 cm³/mol. The van der Waals surface area contributed by atoms with Crippen molar-refractivity contribution in [3.05, 3.63) is 29.6 Å². The SMILES string of the molecule is CCc1cnc(CN2CC[C@H](N(C)Cc3noc(C)n3)C2)o1. The van der Waals surface area contributed by atoms with E-state index in [0.717, 1.165) is 56.5 Å². The summed E-state index contributed by atoms with van der Waals surface area (Å²) >= 11 is 0. The molecule has 1 aliphatic heterocycles. The molecule has 0 N–H and O–H groups in total. The number of aromatic nitrogens is 3. The van der Waals surface area contributed by atoms with Gasteiger partial charge in [-0.15, -0.1) is 0 Å². The molecule has 3 heterocycles. The van der Waals surface area contributed by atoms with Crippen molar-refractivity contribution < 1.29 is 8.94 Å². The van der Waals surface area contributed by atoms with Crippen molar-refractivity contribution in [2.24, 2.45) is 0 Å². The van der Waals surface area contributed by atoms with Crippen LogP contribution in [0.15, 0.2) is 15.1 Å². The van der Waals surface area contributed by atoms with Gasteiger partial charge in [-0.05, 0) is 13.5 Å². The van der Waals surface area contributed by atoms with Gasteiger partial charge in [0.25, 0.3) is 0 Å². The first kappa shape index (κ1) is 15.2. The Morgan fingerprint density at radius 1 is 1.45 bits per heavy atom. The Morgan fingerprint density at radius 2 is 2.32 bits per heavy atom. The van der Waals surface area contributed by atoms with Gasteiger partial charge in [0.15, 0.2) is 5.82 Å². The fraction of sp³-hybridized carbons (Fsp3) is 0.667. The van der Waals surface area contributed by atoms with Crippen molar-refractivity contribution >= 4 is 0 Å². The summed E-state index contributed by atoms with van der Waals surface area (Å²) in [6, 6.07) is 0.499. The molecular formula is C15H23N5O2. The van der Waals surface area contributed by atoms with E-state index in [1.807, 2.05) is 13.1 Å². The lowest BCUT2D eigenvalue weighted by Crippen LogP contribution is -2.34. The van der Waals surface area contributed by atoms with Crippen molar-refractivity contribution in [3.8, 4) is 0 Å². The van der Waals surface area contributed by atoms with E-state index >= 15 is 0 Å². The van der Waals surface area contributed by atoms with E-state index in [9.17, 15) is 0 Å². The number of hydrogen-bond donors (Lipinski definition) is 0. The van der Waals surface area contributed by atoms with E-state index in [4.69, 9.17) is 8.94 Å². The molecule has 0 saturated carbocycles. The minimum absolute atomic E-state index is 0.499. The fourth-order valence-electron chi connectivity index (χ4n) is 2.85. The summed E-state index contributed by atoms with van der Waals surface area (Å²) in [4.78, 5) is 13.3. The fourth-order valence-corrected chi connectivity index (χ4v) is 2.85. The minimum atomic E-state index is 0.499. The van der Waals surface area contributed by atoms with Crippen molar-refractivity contribution in [3.63, 3.8) is 0 Å². The molecule has 22 heavy (non-hydrogen) atoms. The van der Waals surface area contributed by atoms with Crippen LogP contribution in [-0.2, 0) is 19.5 Å². The molecule has 1 aliphatic rings. The maximum atomic E-state index is 5.69. The Morgan fingerprint density at radius 3 is 3.00 bits per heavy atom. The van der Waals surface area contributed by atoms with Gasteiger partial charge < -0.3 is 8.94 Å². The van der Waals surface area contributed by atoms with Crippen LogP contribution in [0.25, 0.3) is 0 Å². The predicted octanol–water partition coefficient (Wildman–Crippen LogP) is 1.63. The summed E-state index contributed by atoms with van der Waals surface area (Å²) in [5, 5.41) is 3.96. The second-order valence-electron chi connectivity index (χ2n) is 5.90. The molecular weight excluding hydrogens is 282 g/mol. The number of likely N-dealkylation sites (tertiary alicyclic amines) is 1. The normalized spacial score (nSPS) is 19.4. The van der Waals surface area contributed by atoms with Crippen molar-refractivity contribution in [2.75, 3.05) is 20.1 Å². The van der Waals surface area contributed by atoms with Crippen LogP contribution in [0.2, 0.25) is 0 Å². The summed E-state index contributed by atoms with van der Waals surface area (Å²) in [6.45, 7) is 7.46. The maximum Gasteiger partial charge on any atom is 0.223 e. The number of nitrogens with zero attached hydrogens (tertiary/aromatic N) is 5. The first-order valence-electron chi connectivity index (χ1n) is 7.79. The monoisotopic (exact) mass is 305 g/mol. The van der Waals surface area contributed by atoms with Crippen LogP contribution in [0.3, 0.4) is 0 Å². The number of aryl methyl sites for hydroxylation is 2. The Hall–Kier alpha value is -1.73. The van der Waals surface area contributed by atoms with Gasteiger partial charge in [0.05, 0.1) is 19.3 Å². The lowest BCUT2D eigenvalue weighted by molar-refractivity contribution is 0.209. The maximum absolute atomic E-state index is 5.69. The minimum Gasteiger partial charge on any atom is -0.444 e. The highest BCUT2D eigenvalue weighted by Crippen LogP contribution is 2.18. The van der Waals surface area contributed by atoms with Crippen molar-refractivity contribution in [1.82, 2.24) is 24.9 Å². The van der Waals surface area contributed by atoms with Gasteiger partial charge in [-0.25, -0.2) is 4.98 Å². The summed E-state index contributed by atoms with van der Waals surface area (Å²) in [5.74, 6) is 3.13. The van der Waals surface area contributed by atoms with Crippen molar-refractivity contribution in [1.29, 1.82) is 0 Å². The van der Waals surface area contributed by atoms with E-state index in [1.165, 1.54) is 0 Å². The molecule has 2 aromatic heterocycles. The summed E-state index contributed by atoms with van der Waals surface area (Å²) in [6.07, 6.45) is 3.85. The van der Waals surface area contributed by atoms with Gasteiger partial charge in [-0.2, -0.15) is 4.98 Å². The van der Waals surface area contributed by atoms with Crippen LogP contribution in [-0.4, -0.2) is 51.1 Å². The van der Waals surface area contributed by atoms with Crippen LogP contribution < -0.4 is 0 Å². The van der Waals surface area contributed by atoms with Gasteiger partial charge >= 0.3 is 0 Å². The lowest BCUT2D eigenvalue weighted by atomic mass is 10.2. The van der Waals surface area contributed by atoms with E-state index < -0.39 is 0 Å². The van der Waals surface area contributed by atoms with Crippen LogP contribution in [0.5, 0.6) is 0 Å². The number of oxazole rings is 1. The van der Waals surface area contributed by atoms with Gasteiger partial charge in [-0.1, -0.05) is 12.1 Å². The standard InChI is InChI=1S/C15H23N5O2/c1-4-13-7-16-15(21-13)10-20-6-5-12(8-20)19(3)9-14-17-11(2)22-18-14/h7,12H,4-6,8-10H2,1-3H3/t12-/m0/s1. The number of rotatable bonds is 6. The highest BCUT2D eigenvalue weighted by molar-refractivity contribution is 4.95. The molecule has 0 aromatic carbocycles. The van der Waals surface area contributed by atoms with Crippen LogP contribution in [0.4, 0.5) is 0 Å². The largest absolute Gasteiger partial charge is 0.444 e. The molecule has 0 radical (unpaired) electrons. The van der Waals surface area contributed by atoms with E-state index in [-0.39, 0.29) is 0 Å². The molecule has 7 heteroatoms. The third kappa shape index (κ3) is 3.53. The molecule has 0 amide bonds. The first-order valence-corrected chi connectivity index (χ1v) is 7.79. The van der Waals surface area contributed by atoms with Crippen molar-refractivity contribution in [2.45, 2.75) is 45.8 Å². The zero-order valence-electron chi connectivity index (χ0n) is 13.4. The number of likely N-dealkylation sites (N-methyl/N-ethyl adjacent to an activating group) is 1. The van der Waals surface area contributed by atoms with Gasteiger partial charge in [-0.3, -0.25) is 9.80 Å². The Bertz CT molecular complexity index is 609. The molecule has 1 fully saturated rings. The molecule has 0 unspecified atom stereocenters. The van der Waals surface area contributed by atoms with E-state index in [0.29, 0.717) is 11.9 Å². The van der Waals surface area contributed by atoms with E-state index in [2.05, 4.69) is 38.9 Å². The zero-order chi connectivity index (χ0) is 15.5. The third-order valence-corrected chi connectivity index (χ3v) is 4.14. The molecule has 120 valence electrons. The third-order valence-electron chi connectivity index (χ3n) is 4.14. The molecule has 3 rings (SSSR count). The van der Waals surface area contributed by atoms with Gasteiger partial charge in [0.1, 0.15) is 5.76 Å². The van der Waals surface area contributed by atoms with Gasteiger partial charge in [0.2, 0.25) is 11.8 Å². The van der Waals surface area contributed by atoms with E-state index in [1.54, 1.807) is 0 Å². The highest BCUT2D eigenvalue weighted by Gasteiger charge is 2.27. The zero-order valence-corrected chi connectivity index (χ0v) is 13.4. The summed E-state index contributed by atoms with van der Waals surface area (Å²) in [5.41, 5.74) is 0. The Kier molecular flexibility index (Phi) is 4.54. The molecule has 7 nitrogen and oxygen atoms in total. The summed E-state index contributed by atoms with van der Waals surface area (Å²) < 4.78 is 10.7. The Labute approximate surface area is 130 Å². The molecule has 1 saturated heterocycles. The molecule has 0 aliphatic carbocycles. The Balaban J connectivity index is 1.50.